The van der Waals surface area contributed by atoms with Crippen LogP contribution in [0.15, 0.2) is 24.3 Å². The van der Waals surface area contributed by atoms with Crippen LogP contribution in [0.25, 0.3) is 0 Å². The van der Waals surface area contributed by atoms with E-state index in [0.29, 0.717) is 50.3 Å². The van der Waals surface area contributed by atoms with Gasteiger partial charge in [0.1, 0.15) is 11.4 Å². The lowest BCUT2D eigenvalue weighted by molar-refractivity contribution is -0.147. The van der Waals surface area contributed by atoms with Crippen LogP contribution >= 0.6 is 0 Å². The van der Waals surface area contributed by atoms with E-state index in [1.165, 1.54) is 0 Å². The Morgan fingerprint density at radius 2 is 1.97 bits per heavy atom. The number of anilines is 1. The molecule has 1 saturated carbocycles. The van der Waals surface area contributed by atoms with Crippen LogP contribution in [0.4, 0.5) is 5.69 Å². The van der Waals surface area contributed by atoms with Crippen molar-refractivity contribution in [1.82, 2.24) is 4.90 Å². The summed E-state index contributed by atoms with van der Waals surface area (Å²) >= 11 is 0. The second-order valence-corrected chi connectivity index (χ2v) is 7.89. The molecule has 29 heavy (non-hydrogen) atoms. The molecule has 7 heteroatoms. The van der Waals surface area contributed by atoms with Gasteiger partial charge in [-0.05, 0) is 56.4 Å². The van der Waals surface area contributed by atoms with E-state index >= 15 is 0 Å². The fourth-order valence-corrected chi connectivity index (χ4v) is 4.11. The molecule has 2 amide bonds. The van der Waals surface area contributed by atoms with Gasteiger partial charge < -0.3 is 24.4 Å². The van der Waals surface area contributed by atoms with Gasteiger partial charge in [-0.15, -0.1) is 0 Å². The topological polar surface area (TPSA) is 77.1 Å². The molecular weight excluding hydrogens is 372 g/mol. The number of carbonyl (C=O) groups excluding carboxylic acids is 2. The number of hydrogen-bond donors (Lipinski definition) is 1. The summed E-state index contributed by atoms with van der Waals surface area (Å²) in [5.74, 6) is 0.939. The van der Waals surface area contributed by atoms with Crippen molar-refractivity contribution in [2.45, 2.75) is 45.1 Å². The van der Waals surface area contributed by atoms with Gasteiger partial charge >= 0.3 is 0 Å². The molecule has 1 saturated heterocycles. The fourth-order valence-electron chi connectivity index (χ4n) is 4.11. The third kappa shape index (κ3) is 5.70. The molecule has 1 aliphatic heterocycles. The van der Waals surface area contributed by atoms with Crippen molar-refractivity contribution in [2.24, 2.45) is 5.92 Å². The average molecular weight is 405 g/mol. The summed E-state index contributed by atoms with van der Waals surface area (Å²) in [7, 11) is 0. The van der Waals surface area contributed by atoms with E-state index < -0.39 is 5.60 Å². The first-order valence-electron chi connectivity index (χ1n) is 10.6. The first kappa shape index (κ1) is 21.6. The van der Waals surface area contributed by atoms with Crippen LogP contribution in [0, 0.1) is 5.92 Å². The van der Waals surface area contributed by atoms with E-state index in [1.807, 2.05) is 6.92 Å². The van der Waals surface area contributed by atoms with Gasteiger partial charge in [0.25, 0.3) is 11.8 Å². The van der Waals surface area contributed by atoms with Crippen LogP contribution in [0.3, 0.4) is 0 Å². The predicted octanol–water partition coefficient (Wildman–Crippen LogP) is 2.85. The minimum absolute atomic E-state index is 0.00293. The highest BCUT2D eigenvalue weighted by atomic mass is 16.5. The first-order chi connectivity index (χ1) is 14.0. The van der Waals surface area contributed by atoms with Gasteiger partial charge in [0.2, 0.25) is 0 Å². The zero-order valence-corrected chi connectivity index (χ0v) is 17.4. The monoisotopic (exact) mass is 404 g/mol. The molecule has 160 valence electrons. The number of amides is 2. The summed E-state index contributed by atoms with van der Waals surface area (Å²) in [5.41, 5.74) is -0.0502. The highest BCUT2D eigenvalue weighted by molar-refractivity contribution is 5.97. The van der Waals surface area contributed by atoms with Crippen LogP contribution in [0.2, 0.25) is 0 Å². The Bertz CT molecular complexity index is 683. The lowest BCUT2D eigenvalue weighted by atomic mass is 9.78. The lowest BCUT2D eigenvalue weighted by Gasteiger charge is -2.38. The van der Waals surface area contributed by atoms with Crippen molar-refractivity contribution in [1.29, 1.82) is 0 Å². The van der Waals surface area contributed by atoms with Crippen molar-refractivity contribution in [2.75, 3.05) is 44.8 Å². The number of nitrogens with one attached hydrogen (secondary N) is 1. The summed E-state index contributed by atoms with van der Waals surface area (Å²) in [6.07, 6.45) is 3.63. The van der Waals surface area contributed by atoms with Gasteiger partial charge in [-0.3, -0.25) is 9.59 Å². The molecule has 0 unspecified atom stereocenters. The number of rotatable bonds is 7. The molecule has 1 N–H and O–H groups in total. The highest BCUT2D eigenvalue weighted by Gasteiger charge is 2.42. The second-order valence-electron chi connectivity index (χ2n) is 7.89. The third-order valence-electron chi connectivity index (χ3n) is 5.63. The zero-order valence-electron chi connectivity index (χ0n) is 17.4. The molecule has 1 aromatic carbocycles. The summed E-state index contributed by atoms with van der Waals surface area (Å²) in [4.78, 5) is 26.9. The van der Waals surface area contributed by atoms with E-state index in [2.05, 4.69) is 12.2 Å². The van der Waals surface area contributed by atoms with Crippen LogP contribution < -0.4 is 10.1 Å². The van der Waals surface area contributed by atoms with Crippen LogP contribution in [-0.4, -0.2) is 61.8 Å². The number of morpholine rings is 1. The predicted molar refractivity (Wildman–Crippen MR) is 110 cm³/mol. The molecule has 1 aliphatic carbocycles. The van der Waals surface area contributed by atoms with Gasteiger partial charge in [0, 0.05) is 25.4 Å². The third-order valence-corrected chi connectivity index (χ3v) is 5.63. The maximum Gasteiger partial charge on any atom is 0.260 e. The van der Waals surface area contributed by atoms with E-state index in [1.54, 1.807) is 29.2 Å². The maximum absolute atomic E-state index is 13.0. The van der Waals surface area contributed by atoms with Gasteiger partial charge in [-0.2, -0.15) is 0 Å². The molecule has 3 rings (SSSR count). The molecule has 7 nitrogen and oxygen atoms in total. The standard InChI is InChI=1S/C22H32N2O5/c1-3-29-22(10-4-5-17(2)15-22)21(26)23-18-6-8-19(9-7-18)28-16-20(25)24-11-13-27-14-12-24/h6-9,17H,3-5,10-16H2,1-2H3,(H,23,26)/t17-,22-/m0/s1. The van der Waals surface area contributed by atoms with Crippen molar-refractivity contribution >= 4 is 17.5 Å². The maximum atomic E-state index is 13.0. The zero-order chi connectivity index (χ0) is 20.7. The normalized spacial score (nSPS) is 24.8. The van der Waals surface area contributed by atoms with Crippen LogP contribution in [0.5, 0.6) is 5.75 Å². The summed E-state index contributed by atoms with van der Waals surface area (Å²) in [5, 5.41) is 2.99. The van der Waals surface area contributed by atoms with E-state index in [4.69, 9.17) is 14.2 Å². The van der Waals surface area contributed by atoms with Gasteiger partial charge in [0.15, 0.2) is 6.61 Å². The summed E-state index contributed by atoms with van der Waals surface area (Å²) in [6, 6.07) is 7.11. The number of ether oxygens (including phenoxy) is 3. The average Bonchev–Trinajstić information content (AvgIpc) is 2.74. The molecule has 1 heterocycles. The molecule has 2 atom stereocenters. The van der Waals surface area contributed by atoms with Crippen molar-refractivity contribution < 1.29 is 23.8 Å². The molecule has 0 bridgehead atoms. The van der Waals surface area contributed by atoms with Crippen molar-refractivity contribution in [3.63, 3.8) is 0 Å². The summed E-state index contributed by atoms with van der Waals surface area (Å²) in [6.45, 7) is 6.97. The fraction of sp³-hybridized carbons (Fsp3) is 0.636. The Morgan fingerprint density at radius 3 is 2.62 bits per heavy atom. The first-order valence-corrected chi connectivity index (χ1v) is 10.6. The summed E-state index contributed by atoms with van der Waals surface area (Å²) < 4.78 is 16.8. The number of carbonyl (C=O) groups is 2. The van der Waals surface area contributed by atoms with E-state index in [-0.39, 0.29) is 18.4 Å². The SMILES string of the molecule is CCO[C@@]1(C(=O)Nc2ccc(OCC(=O)N3CCOCC3)cc2)CCC[C@H](C)C1. The largest absolute Gasteiger partial charge is 0.484 e. The Balaban J connectivity index is 1.54. The van der Waals surface area contributed by atoms with Crippen LogP contribution in [-0.2, 0) is 19.1 Å². The minimum atomic E-state index is -0.744. The Morgan fingerprint density at radius 1 is 1.24 bits per heavy atom. The quantitative estimate of drug-likeness (QED) is 0.756. The Labute approximate surface area is 172 Å². The van der Waals surface area contributed by atoms with E-state index in [0.717, 1.165) is 25.7 Å². The molecular formula is C22H32N2O5. The molecule has 0 aromatic heterocycles. The number of hydrogen-bond acceptors (Lipinski definition) is 5. The van der Waals surface area contributed by atoms with Crippen molar-refractivity contribution in [3.05, 3.63) is 24.3 Å². The molecule has 0 radical (unpaired) electrons. The van der Waals surface area contributed by atoms with Gasteiger partial charge in [-0.25, -0.2) is 0 Å². The Kier molecular flexibility index (Phi) is 7.50. The molecule has 1 aromatic rings. The lowest BCUT2D eigenvalue weighted by Crippen LogP contribution is -2.48. The number of benzene rings is 1. The minimum Gasteiger partial charge on any atom is -0.484 e. The second kappa shape index (κ2) is 10.1. The van der Waals surface area contributed by atoms with Crippen molar-refractivity contribution in [3.8, 4) is 5.75 Å². The number of nitrogens with zero attached hydrogens (tertiary/aromatic N) is 1. The molecule has 0 spiro atoms. The van der Waals surface area contributed by atoms with E-state index in [9.17, 15) is 9.59 Å². The smallest absolute Gasteiger partial charge is 0.260 e. The van der Waals surface area contributed by atoms with Gasteiger partial charge in [0.05, 0.1) is 13.2 Å². The molecule has 2 fully saturated rings. The highest BCUT2D eigenvalue weighted by Crippen LogP contribution is 2.36. The molecule has 2 aliphatic rings. The van der Waals surface area contributed by atoms with Crippen LogP contribution in [0.1, 0.15) is 39.5 Å². The van der Waals surface area contributed by atoms with Gasteiger partial charge in [-0.1, -0.05) is 13.3 Å². The Hall–Kier alpha value is -2.12.